The van der Waals surface area contributed by atoms with Crippen molar-refractivity contribution in [1.82, 2.24) is 9.13 Å². The van der Waals surface area contributed by atoms with E-state index in [4.69, 9.17) is 4.42 Å². The van der Waals surface area contributed by atoms with Gasteiger partial charge in [-0.05, 0) is 95.6 Å². The summed E-state index contributed by atoms with van der Waals surface area (Å²) in [6.45, 7) is 3.11. The van der Waals surface area contributed by atoms with Gasteiger partial charge in [-0.3, -0.25) is 0 Å². The van der Waals surface area contributed by atoms with E-state index in [0.717, 1.165) is 56.8 Å². The summed E-state index contributed by atoms with van der Waals surface area (Å²) in [4.78, 5) is 2.39. The van der Waals surface area contributed by atoms with Gasteiger partial charge in [-0.1, -0.05) is 127 Å². The summed E-state index contributed by atoms with van der Waals surface area (Å²) in [5, 5.41) is 9.66. The van der Waals surface area contributed by atoms with E-state index in [-0.39, 0.29) is 0 Å². The maximum Gasteiger partial charge on any atom is 0.159 e. The number of furan rings is 1. The molecule has 3 heterocycles. The molecular weight excluding hydrogens is 707 g/mol. The van der Waals surface area contributed by atoms with Crippen LogP contribution < -0.4 is 4.90 Å². The summed E-state index contributed by atoms with van der Waals surface area (Å²) < 4.78 is 11.6. The minimum atomic E-state index is 0.871. The highest BCUT2D eigenvalue weighted by molar-refractivity contribution is 6.18. The molecule has 9 aromatic carbocycles. The lowest BCUT2D eigenvalue weighted by atomic mass is 10.0. The maximum atomic E-state index is 6.71. The van der Waals surface area contributed by atoms with Crippen LogP contribution in [-0.2, 0) is 6.54 Å². The smallest absolute Gasteiger partial charge is 0.159 e. The minimum Gasteiger partial charge on any atom is -0.454 e. The zero-order chi connectivity index (χ0) is 38.3. The summed E-state index contributed by atoms with van der Waals surface area (Å²) in [7, 11) is 0. The normalized spacial score (nSPS) is 11.9. The summed E-state index contributed by atoms with van der Waals surface area (Å²) in [5.74, 6) is 0. The van der Waals surface area contributed by atoms with Crippen LogP contribution in [0, 0.1) is 0 Å². The number of nitrogens with zero attached hydrogens (tertiary/aromatic N) is 3. The molecule has 12 aromatic rings. The second-order valence-corrected chi connectivity index (χ2v) is 15.2. The molecule has 0 saturated heterocycles. The highest BCUT2D eigenvalue weighted by Gasteiger charge is 2.24. The lowest BCUT2D eigenvalue weighted by Crippen LogP contribution is -2.10. The molecule has 0 radical (unpaired) electrons. The summed E-state index contributed by atoms with van der Waals surface area (Å²) in [6, 6.07) is 70.4. The van der Waals surface area contributed by atoms with Crippen LogP contribution in [0.25, 0.3) is 93.1 Å². The fourth-order valence-corrected chi connectivity index (χ4v) is 9.47. The molecule has 0 fully saturated rings. The predicted molar refractivity (Wildman–Crippen MR) is 244 cm³/mol. The van der Waals surface area contributed by atoms with Gasteiger partial charge >= 0.3 is 0 Å². The zero-order valence-corrected chi connectivity index (χ0v) is 31.9. The number of rotatable bonds is 6. The predicted octanol–water partition coefficient (Wildman–Crippen LogP) is 15.1. The Bertz CT molecular complexity index is 3570. The quantitative estimate of drug-likeness (QED) is 0.170. The Morgan fingerprint density at radius 2 is 1.10 bits per heavy atom. The van der Waals surface area contributed by atoms with Crippen LogP contribution in [0.15, 0.2) is 199 Å². The molecule has 0 spiro atoms. The fourth-order valence-electron chi connectivity index (χ4n) is 9.47. The number of aromatic nitrogens is 2. The van der Waals surface area contributed by atoms with Crippen molar-refractivity contribution in [3.63, 3.8) is 0 Å². The van der Waals surface area contributed by atoms with Gasteiger partial charge in [0.1, 0.15) is 5.58 Å². The second kappa shape index (κ2) is 12.7. The largest absolute Gasteiger partial charge is 0.454 e. The number of aryl methyl sites for hydroxylation is 1. The number of fused-ring (bicyclic) bond motifs is 10. The van der Waals surface area contributed by atoms with Gasteiger partial charge in [0.2, 0.25) is 0 Å². The van der Waals surface area contributed by atoms with E-state index in [9.17, 15) is 0 Å². The van der Waals surface area contributed by atoms with E-state index in [1.54, 1.807) is 0 Å². The van der Waals surface area contributed by atoms with E-state index in [2.05, 4.69) is 209 Å². The third kappa shape index (κ3) is 4.82. The van der Waals surface area contributed by atoms with E-state index >= 15 is 0 Å². The average Bonchev–Trinajstić information content (AvgIpc) is 3.94. The molecule has 0 aliphatic heterocycles. The van der Waals surface area contributed by atoms with Crippen molar-refractivity contribution in [2.24, 2.45) is 0 Å². The molecule has 0 amide bonds. The van der Waals surface area contributed by atoms with E-state index < -0.39 is 0 Å². The molecule has 0 atom stereocenters. The highest BCUT2D eigenvalue weighted by atomic mass is 16.3. The van der Waals surface area contributed by atoms with Crippen LogP contribution in [0.2, 0.25) is 0 Å². The van der Waals surface area contributed by atoms with Crippen molar-refractivity contribution >= 4 is 93.4 Å². The van der Waals surface area contributed by atoms with Gasteiger partial charge in [0.05, 0.1) is 27.9 Å². The van der Waals surface area contributed by atoms with Crippen LogP contribution in [0.1, 0.15) is 6.92 Å². The Labute approximate surface area is 335 Å². The first-order chi connectivity index (χ1) is 28.7. The minimum absolute atomic E-state index is 0.871. The Morgan fingerprint density at radius 3 is 1.97 bits per heavy atom. The van der Waals surface area contributed by atoms with Crippen LogP contribution in [-0.4, -0.2) is 9.13 Å². The van der Waals surface area contributed by atoms with Crippen LogP contribution in [0.5, 0.6) is 0 Å². The van der Waals surface area contributed by atoms with Gasteiger partial charge in [0.15, 0.2) is 5.58 Å². The third-order valence-electron chi connectivity index (χ3n) is 12.1. The first-order valence-electron chi connectivity index (χ1n) is 20.1. The van der Waals surface area contributed by atoms with Gasteiger partial charge in [-0.25, -0.2) is 0 Å². The van der Waals surface area contributed by atoms with Crippen molar-refractivity contribution in [2.75, 3.05) is 4.90 Å². The number of hydrogen-bond donors (Lipinski definition) is 0. The van der Waals surface area contributed by atoms with Gasteiger partial charge in [0.25, 0.3) is 0 Å². The molecule has 4 heteroatoms. The average molecular weight is 744 g/mol. The number of benzene rings is 9. The van der Waals surface area contributed by atoms with E-state index in [1.807, 2.05) is 6.07 Å². The molecule has 0 N–H and O–H groups in total. The molecule has 0 aliphatic rings. The molecule has 0 saturated carbocycles. The van der Waals surface area contributed by atoms with Crippen LogP contribution in [0.4, 0.5) is 17.1 Å². The molecular formula is C54H37N3O. The van der Waals surface area contributed by atoms with Crippen molar-refractivity contribution in [2.45, 2.75) is 13.5 Å². The monoisotopic (exact) mass is 743 g/mol. The Kier molecular flexibility index (Phi) is 7.17. The number of para-hydroxylation sites is 4. The number of hydrogen-bond acceptors (Lipinski definition) is 2. The SMILES string of the molecule is CCn1c2ccccc2c2c(N(c3ccc(-c4ccc5c6ccccc6n(-c6ccc7ccccc7c6)c5c4)cc3)c3cccc4c3oc3ccccc34)cccc21. The first-order valence-corrected chi connectivity index (χ1v) is 20.1. The fraction of sp³-hybridized carbons (Fsp3) is 0.0370. The van der Waals surface area contributed by atoms with Crippen molar-refractivity contribution < 1.29 is 4.42 Å². The highest BCUT2D eigenvalue weighted by Crippen LogP contribution is 2.47. The molecule has 0 unspecified atom stereocenters. The first kappa shape index (κ1) is 32.7. The molecule has 3 aromatic heterocycles. The standard InChI is InChI=1S/C54H37N3O/c1-2-55-46-19-8-6-17-45(46)53-48(55)21-12-22-49(53)56(50-23-11-18-44-43-16-7-10-24-52(43)58-54(44)50)39-29-25-36(26-30-39)38-28-32-42-41-15-5-9-20-47(41)57(51(42)34-38)40-31-27-35-13-3-4-14-37(35)33-40/h3-34H,2H2,1H3. The second-order valence-electron chi connectivity index (χ2n) is 15.2. The summed E-state index contributed by atoms with van der Waals surface area (Å²) in [5.41, 5.74) is 13.3. The Morgan fingerprint density at radius 1 is 0.448 bits per heavy atom. The summed E-state index contributed by atoms with van der Waals surface area (Å²) in [6.07, 6.45) is 0. The Balaban J connectivity index is 1.05. The maximum absolute atomic E-state index is 6.71. The van der Waals surface area contributed by atoms with Gasteiger partial charge < -0.3 is 18.5 Å². The third-order valence-corrected chi connectivity index (χ3v) is 12.1. The molecule has 4 nitrogen and oxygen atoms in total. The molecule has 12 rings (SSSR count). The topological polar surface area (TPSA) is 26.2 Å². The zero-order valence-electron chi connectivity index (χ0n) is 31.9. The van der Waals surface area contributed by atoms with Crippen LogP contribution in [0.3, 0.4) is 0 Å². The lowest BCUT2D eigenvalue weighted by molar-refractivity contribution is 0.669. The van der Waals surface area contributed by atoms with Crippen molar-refractivity contribution in [3.8, 4) is 16.8 Å². The lowest BCUT2D eigenvalue weighted by Gasteiger charge is -2.27. The van der Waals surface area contributed by atoms with Crippen molar-refractivity contribution in [3.05, 3.63) is 194 Å². The van der Waals surface area contributed by atoms with E-state index in [1.165, 1.54) is 59.9 Å². The molecule has 0 bridgehead atoms. The van der Waals surface area contributed by atoms with Gasteiger partial charge in [-0.15, -0.1) is 0 Å². The number of anilines is 3. The Hall–Kier alpha value is -7.56. The van der Waals surface area contributed by atoms with Gasteiger partial charge in [-0.2, -0.15) is 0 Å². The van der Waals surface area contributed by atoms with Gasteiger partial charge in [0, 0.05) is 55.8 Å². The van der Waals surface area contributed by atoms with Crippen LogP contribution >= 0.6 is 0 Å². The van der Waals surface area contributed by atoms with Crippen molar-refractivity contribution in [1.29, 1.82) is 0 Å². The molecule has 0 aliphatic carbocycles. The van der Waals surface area contributed by atoms with E-state index in [0.29, 0.717) is 0 Å². The molecule has 58 heavy (non-hydrogen) atoms. The molecule has 274 valence electrons. The summed E-state index contributed by atoms with van der Waals surface area (Å²) >= 11 is 0.